The predicted octanol–water partition coefficient (Wildman–Crippen LogP) is 0.568. The van der Waals surface area contributed by atoms with Gasteiger partial charge in [0.1, 0.15) is 5.15 Å². The lowest BCUT2D eigenvalue weighted by atomic mass is 10.2. The van der Waals surface area contributed by atoms with Gasteiger partial charge in [-0.1, -0.05) is 11.6 Å². The molecule has 1 atom stereocenters. The number of nitrogens with zero attached hydrogens (tertiary/aromatic N) is 2. The maximum absolute atomic E-state index is 12.2. The molecule has 1 amide bonds. The number of ether oxygens (including phenoxy) is 1. The average molecular weight is 257 g/mol. The van der Waals surface area contributed by atoms with Gasteiger partial charge in [0.15, 0.2) is 0 Å². The molecule has 0 saturated carbocycles. The summed E-state index contributed by atoms with van der Waals surface area (Å²) in [4.78, 5) is 17.7. The molecule has 1 aromatic rings. The highest BCUT2D eigenvalue weighted by molar-refractivity contribution is 6.32. The van der Waals surface area contributed by atoms with E-state index in [2.05, 4.69) is 4.98 Å². The Bertz CT molecular complexity index is 413. The van der Waals surface area contributed by atoms with E-state index in [1.54, 1.807) is 17.0 Å². The van der Waals surface area contributed by atoms with Gasteiger partial charge in [-0.25, -0.2) is 4.98 Å². The van der Waals surface area contributed by atoms with Crippen LogP contribution in [0.1, 0.15) is 10.4 Å². The fourth-order valence-electron chi connectivity index (χ4n) is 1.77. The Labute approximate surface area is 104 Å². The second kappa shape index (κ2) is 5.44. The van der Waals surface area contributed by atoms with Crippen molar-refractivity contribution in [1.29, 1.82) is 0 Å². The first-order valence-corrected chi connectivity index (χ1v) is 5.72. The van der Waals surface area contributed by atoms with Crippen LogP contribution in [0.2, 0.25) is 5.15 Å². The van der Waals surface area contributed by atoms with Gasteiger partial charge in [0.05, 0.1) is 31.4 Å². The Balaban J connectivity index is 2.21. The standard InChI is InChI=1S/C11H13ClN2O3/c12-10-9(2-1-3-13-10)11(16)14-4-5-17-7-8(14)6-15/h1-3,8,15H,4-7H2. The average Bonchev–Trinajstić information content (AvgIpc) is 2.38. The molecule has 6 heteroatoms. The third-order valence-corrected chi connectivity index (χ3v) is 2.99. The highest BCUT2D eigenvalue weighted by atomic mass is 35.5. The van der Waals surface area contributed by atoms with E-state index in [0.29, 0.717) is 25.3 Å². The van der Waals surface area contributed by atoms with Crippen LogP contribution in [0.3, 0.4) is 0 Å². The molecule has 0 aliphatic carbocycles. The summed E-state index contributed by atoms with van der Waals surface area (Å²) in [6.45, 7) is 1.15. The van der Waals surface area contributed by atoms with E-state index in [0.717, 1.165) is 0 Å². The minimum Gasteiger partial charge on any atom is -0.394 e. The monoisotopic (exact) mass is 256 g/mol. The number of aliphatic hydroxyl groups is 1. The van der Waals surface area contributed by atoms with Crippen molar-refractivity contribution in [2.24, 2.45) is 0 Å². The number of aliphatic hydroxyl groups excluding tert-OH is 1. The van der Waals surface area contributed by atoms with E-state index in [1.165, 1.54) is 6.20 Å². The summed E-state index contributed by atoms with van der Waals surface area (Å²) < 4.78 is 5.22. The molecular weight excluding hydrogens is 244 g/mol. The molecule has 1 fully saturated rings. The van der Waals surface area contributed by atoms with Crippen LogP contribution in [0.15, 0.2) is 18.3 Å². The molecule has 5 nitrogen and oxygen atoms in total. The third-order valence-electron chi connectivity index (χ3n) is 2.69. The normalized spacial score (nSPS) is 20.4. The molecule has 0 spiro atoms. The van der Waals surface area contributed by atoms with Gasteiger partial charge in [-0.15, -0.1) is 0 Å². The maximum atomic E-state index is 12.2. The summed E-state index contributed by atoms with van der Waals surface area (Å²) in [6.07, 6.45) is 1.53. The minimum atomic E-state index is -0.312. The van der Waals surface area contributed by atoms with Crippen molar-refractivity contribution in [1.82, 2.24) is 9.88 Å². The lowest BCUT2D eigenvalue weighted by molar-refractivity contribution is -0.0184. The zero-order chi connectivity index (χ0) is 12.3. The number of carbonyl (C=O) groups excluding carboxylic acids is 1. The number of halogens is 1. The Morgan fingerprint density at radius 2 is 2.53 bits per heavy atom. The predicted molar refractivity (Wildman–Crippen MR) is 62.0 cm³/mol. The summed E-state index contributed by atoms with van der Waals surface area (Å²) in [5.74, 6) is -0.217. The Hall–Kier alpha value is -1.17. The lowest BCUT2D eigenvalue weighted by Crippen LogP contribution is -2.50. The van der Waals surface area contributed by atoms with Gasteiger partial charge >= 0.3 is 0 Å². The fraction of sp³-hybridized carbons (Fsp3) is 0.455. The molecule has 1 aliphatic rings. The maximum Gasteiger partial charge on any atom is 0.257 e. The van der Waals surface area contributed by atoms with Gasteiger partial charge < -0.3 is 14.7 Å². The van der Waals surface area contributed by atoms with Gasteiger partial charge in [-0.05, 0) is 12.1 Å². The van der Waals surface area contributed by atoms with Crippen LogP contribution in [0, 0.1) is 0 Å². The summed E-state index contributed by atoms with van der Waals surface area (Å²) in [5, 5.41) is 9.39. The molecule has 2 heterocycles. The van der Waals surface area contributed by atoms with Crippen LogP contribution in [0.25, 0.3) is 0 Å². The van der Waals surface area contributed by atoms with Crippen molar-refractivity contribution >= 4 is 17.5 Å². The zero-order valence-corrected chi connectivity index (χ0v) is 9.93. The molecule has 1 saturated heterocycles. The smallest absolute Gasteiger partial charge is 0.257 e. The lowest BCUT2D eigenvalue weighted by Gasteiger charge is -2.34. The molecule has 2 rings (SSSR count). The molecule has 1 N–H and O–H groups in total. The van der Waals surface area contributed by atoms with Gasteiger partial charge in [-0.3, -0.25) is 4.79 Å². The van der Waals surface area contributed by atoms with Crippen LogP contribution >= 0.6 is 11.6 Å². The van der Waals surface area contributed by atoms with E-state index in [-0.39, 0.29) is 23.7 Å². The number of morpholine rings is 1. The van der Waals surface area contributed by atoms with Crippen molar-refractivity contribution < 1.29 is 14.6 Å². The molecule has 1 aliphatic heterocycles. The Morgan fingerprint density at radius 1 is 1.71 bits per heavy atom. The minimum absolute atomic E-state index is 0.121. The number of rotatable bonds is 2. The van der Waals surface area contributed by atoms with Crippen molar-refractivity contribution in [3.63, 3.8) is 0 Å². The van der Waals surface area contributed by atoms with Crippen LogP contribution < -0.4 is 0 Å². The second-order valence-corrected chi connectivity index (χ2v) is 4.11. The quantitative estimate of drug-likeness (QED) is 0.786. The first-order valence-electron chi connectivity index (χ1n) is 5.34. The van der Waals surface area contributed by atoms with E-state index in [9.17, 15) is 9.90 Å². The van der Waals surface area contributed by atoms with Crippen LogP contribution in [0.4, 0.5) is 0 Å². The SMILES string of the molecule is O=C(c1cccnc1Cl)N1CCOCC1CO. The van der Waals surface area contributed by atoms with Crippen molar-refractivity contribution in [2.45, 2.75) is 6.04 Å². The summed E-state index contributed by atoms with van der Waals surface area (Å²) in [7, 11) is 0. The Kier molecular flexibility index (Phi) is 3.93. The number of amides is 1. The number of hydrogen-bond donors (Lipinski definition) is 1. The highest BCUT2D eigenvalue weighted by Crippen LogP contribution is 2.17. The summed E-state index contributed by atoms with van der Waals surface area (Å²) in [6, 6.07) is 2.97. The second-order valence-electron chi connectivity index (χ2n) is 3.75. The first-order chi connectivity index (χ1) is 8.24. The molecule has 17 heavy (non-hydrogen) atoms. The van der Waals surface area contributed by atoms with Crippen molar-refractivity contribution in [3.05, 3.63) is 29.0 Å². The molecule has 92 valence electrons. The highest BCUT2D eigenvalue weighted by Gasteiger charge is 2.28. The number of aromatic nitrogens is 1. The van der Waals surface area contributed by atoms with Crippen LogP contribution in [0.5, 0.6) is 0 Å². The fourth-order valence-corrected chi connectivity index (χ4v) is 1.97. The van der Waals surface area contributed by atoms with Gasteiger partial charge in [-0.2, -0.15) is 0 Å². The molecule has 0 bridgehead atoms. The molecule has 0 aromatic carbocycles. The van der Waals surface area contributed by atoms with Crippen molar-refractivity contribution in [3.8, 4) is 0 Å². The summed E-state index contributed by atoms with van der Waals surface area (Å²) >= 11 is 5.88. The van der Waals surface area contributed by atoms with Crippen LogP contribution in [-0.4, -0.2) is 53.3 Å². The molecule has 1 aromatic heterocycles. The number of hydrogen-bond acceptors (Lipinski definition) is 4. The third kappa shape index (κ3) is 2.57. The van der Waals surface area contributed by atoms with E-state index >= 15 is 0 Å². The zero-order valence-electron chi connectivity index (χ0n) is 9.17. The molecule has 1 unspecified atom stereocenters. The number of carbonyl (C=O) groups is 1. The van der Waals surface area contributed by atoms with Gasteiger partial charge in [0, 0.05) is 12.7 Å². The topological polar surface area (TPSA) is 62.7 Å². The van der Waals surface area contributed by atoms with Crippen molar-refractivity contribution in [2.75, 3.05) is 26.4 Å². The van der Waals surface area contributed by atoms with Gasteiger partial charge in [0.25, 0.3) is 5.91 Å². The Morgan fingerprint density at radius 3 is 3.24 bits per heavy atom. The largest absolute Gasteiger partial charge is 0.394 e. The van der Waals surface area contributed by atoms with E-state index in [1.807, 2.05) is 0 Å². The van der Waals surface area contributed by atoms with Gasteiger partial charge in [0.2, 0.25) is 0 Å². The molecule has 0 radical (unpaired) electrons. The number of pyridine rings is 1. The van der Waals surface area contributed by atoms with E-state index < -0.39 is 0 Å². The molecular formula is C11H13ClN2O3. The van der Waals surface area contributed by atoms with E-state index in [4.69, 9.17) is 16.3 Å². The first kappa shape index (κ1) is 12.3. The van der Waals surface area contributed by atoms with Crippen LogP contribution in [-0.2, 0) is 4.74 Å². The summed E-state index contributed by atoms with van der Waals surface area (Å²) in [5.41, 5.74) is 0.356.